The first-order valence-electron chi connectivity index (χ1n) is 5.60. The van der Waals surface area contributed by atoms with E-state index in [1.807, 2.05) is 6.07 Å². The Morgan fingerprint density at radius 3 is 2.41 bits per heavy atom. The predicted molar refractivity (Wildman–Crippen MR) is 73.2 cm³/mol. The fraction of sp³-hybridized carbons (Fsp3) is 0.417. The van der Waals surface area contributed by atoms with Crippen LogP contribution in [0.3, 0.4) is 0 Å². The van der Waals surface area contributed by atoms with Gasteiger partial charge in [-0.3, -0.25) is 9.13 Å². The van der Waals surface area contributed by atoms with E-state index in [0.29, 0.717) is 0 Å². The summed E-state index contributed by atoms with van der Waals surface area (Å²) in [7, 11) is 3.59. The fourth-order valence-electron chi connectivity index (χ4n) is 1.96. The van der Waals surface area contributed by atoms with E-state index in [1.165, 1.54) is 5.56 Å². The zero-order chi connectivity index (χ0) is 12.6. The van der Waals surface area contributed by atoms with Gasteiger partial charge in [-0.2, -0.15) is 0 Å². The summed E-state index contributed by atoms with van der Waals surface area (Å²) < 4.78 is 4.38. The molecule has 0 amide bonds. The van der Waals surface area contributed by atoms with Gasteiger partial charge in [0.25, 0.3) is 0 Å². The van der Waals surface area contributed by atoms with Gasteiger partial charge in [-0.25, -0.2) is 4.79 Å². The first-order chi connectivity index (χ1) is 8.06. The topological polar surface area (TPSA) is 39.0 Å². The second-order valence-corrected chi connectivity index (χ2v) is 4.97. The molecule has 0 unspecified atom stereocenters. The molecular formula is C12H16BrN3O. The highest BCUT2D eigenvalue weighted by Crippen LogP contribution is 2.23. The third-order valence-electron chi connectivity index (χ3n) is 3.01. The molecule has 1 N–H and O–H groups in total. The number of rotatable bonds is 3. The molecule has 0 saturated heterocycles. The maximum Gasteiger partial charge on any atom is 0.328 e. The van der Waals surface area contributed by atoms with Crippen LogP contribution in [0.2, 0.25) is 0 Å². The number of hydrogen-bond acceptors (Lipinski definition) is 2. The molecular weight excluding hydrogens is 282 g/mol. The Morgan fingerprint density at radius 2 is 1.82 bits per heavy atom. The number of aromatic nitrogens is 2. The minimum Gasteiger partial charge on any atom is -0.313 e. The predicted octanol–water partition coefficient (Wildman–Crippen LogP) is 1.75. The smallest absolute Gasteiger partial charge is 0.313 e. The Balaban J connectivity index is 2.63. The molecule has 0 aliphatic heterocycles. The van der Waals surface area contributed by atoms with E-state index in [0.717, 1.165) is 28.6 Å². The molecule has 17 heavy (non-hydrogen) atoms. The summed E-state index contributed by atoms with van der Waals surface area (Å²) in [4.78, 5) is 11.8. The maximum absolute atomic E-state index is 11.8. The van der Waals surface area contributed by atoms with Crippen LogP contribution in [0.15, 0.2) is 21.4 Å². The normalized spacial score (nSPS) is 11.3. The van der Waals surface area contributed by atoms with Crippen molar-refractivity contribution in [3.8, 4) is 0 Å². The monoisotopic (exact) mass is 297 g/mol. The zero-order valence-electron chi connectivity index (χ0n) is 10.2. The highest BCUT2D eigenvalue weighted by molar-refractivity contribution is 9.10. The molecule has 2 rings (SSSR count). The lowest BCUT2D eigenvalue weighted by atomic mass is 10.2. The van der Waals surface area contributed by atoms with Crippen molar-refractivity contribution in [2.24, 2.45) is 14.1 Å². The van der Waals surface area contributed by atoms with Crippen molar-refractivity contribution < 1.29 is 0 Å². The maximum atomic E-state index is 11.8. The summed E-state index contributed by atoms with van der Waals surface area (Å²) in [6, 6.07) is 4.06. The van der Waals surface area contributed by atoms with E-state index in [4.69, 9.17) is 0 Å². The summed E-state index contributed by atoms with van der Waals surface area (Å²) in [5, 5.41) is 3.29. The number of imidazole rings is 1. The first kappa shape index (κ1) is 12.4. The van der Waals surface area contributed by atoms with Crippen molar-refractivity contribution >= 4 is 27.0 Å². The lowest BCUT2D eigenvalue weighted by Crippen LogP contribution is -2.19. The molecule has 1 aromatic carbocycles. The average molecular weight is 298 g/mol. The minimum atomic E-state index is 0.00695. The molecule has 0 saturated carbocycles. The van der Waals surface area contributed by atoms with Crippen molar-refractivity contribution in [3.05, 3.63) is 32.7 Å². The first-order valence-corrected chi connectivity index (χ1v) is 6.40. The Labute approximate surface area is 108 Å². The number of hydrogen-bond donors (Lipinski definition) is 1. The molecule has 0 bridgehead atoms. The number of benzene rings is 1. The summed E-state index contributed by atoms with van der Waals surface area (Å²) >= 11 is 3.55. The molecule has 1 heterocycles. The van der Waals surface area contributed by atoms with Gasteiger partial charge in [0.05, 0.1) is 11.0 Å². The molecule has 1 aromatic heterocycles. The van der Waals surface area contributed by atoms with Crippen LogP contribution in [-0.2, 0) is 20.6 Å². The molecule has 0 spiro atoms. The van der Waals surface area contributed by atoms with Crippen molar-refractivity contribution in [1.29, 1.82) is 0 Å². The molecule has 2 aromatic rings. The summed E-state index contributed by atoms with van der Waals surface area (Å²) in [5.74, 6) is 0. The van der Waals surface area contributed by atoms with Gasteiger partial charge in [-0.05, 0) is 24.2 Å². The third kappa shape index (κ3) is 2.05. The lowest BCUT2D eigenvalue weighted by Gasteiger charge is -2.06. The zero-order valence-corrected chi connectivity index (χ0v) is 11.8. The van der Waals surface area contributed by atoms with Gasteiger partial charge in [0.2, 0.25) is 0 Å². The molecule has 0 aliphatic rings. The van der Waals surface area contributed by atoms with Crippen LogP contribution in [0.1, 0.15) is 12.5 Å². The Hall–Kier alpha value is -1.07. The Kier molecular flexibility index (Phi) is 3.40. The molecule has 5 heteroatoms. The van der Waals surface area contributed by atoms with E-state index < -0.39 is 0 Å². The van der Waals surface area contributed by atoms with Crippen molar-refractivity contribution in [2.45, 2.75) is 13.5 Å². The van der Waals surface area contributed by atoms with Crippen LogP contribution in [0, 0.1) is 0 Å². The molecule has 0 aliphatic carbocycles. The molecule has 0 atom stereocenters. The number of fused-ring (bicyclic) bond motifs is 1. The number of nitrogens with one attached hydrogen (secondary N) is 1. The summed E-state index contributed by atoms with van der Waals surface area (Å²) in [6.07, 6.45) is 0. The molecule has 0 fully saturated rings. The van der Waals surface area contributed by atoms with Crippen molar-refractivity contribution in [2.75, 3.05) is 6.54 Å². The van der Waals surface area contributed by atoms with Crippen LogP contribution in [0.25, 0.3) is 11.0 Å². The van der Waals surface area contributed by atoms with E-state index >= 15 is 0 Å². The fourth-order valence-corrected chi connectivity index (χ4v) is 2.43. The van der Waals surface area contributed by atoms with Gasteiger partial charge in [-0.15, -0.1) is 0 Å². The number of aryl methyl sites for hydroxylation is 2. The number of halogens is 1. The second kappa shape index (κ2) is 4.66. The van der Waals surface area contributed by atoms with Crippen molar-refractivity contribution in [1.82, 2.24) is 14.5 Å². The highest BCUT2D eigenvalue weighted by Gasteiger charge is 2.10. The van der Waals surface area contributed by atoms with Crippen LogP contribution >= 0.6 is 15.9 Å². The number of nitrogens with zero attached hydrogens (tertiary/aromatic N) is 2. The van der Waals surface area contributed by atoms with Gasteiger partial charge in [0.1, 0.15) is 0 Å². The van der Waals surface area contributed by atoms with E-state index in [9.17, 15) is 4.79 Å². The second-order valence-electron chi connectivity index (χ2n) is 4.11. The van der Waals surface area contributed by atoms with Gasteiger partial charge < -0.3 is 5.32 Å². The van der Waals surface area contributed by atoms with Gasteiger partial charge in [0.15, 0.2) is 0 Å². The van der Waals surface area contributed by atoms with Crippen LogP contribution in [-0.4, -0.2) is 15.7 Å². The Morgan fingerprint density at radius 1 is 1.24 bits per heavy atom. The van der Waals surface area contributed by atoms with Crippen molar-refractivity contribution in [3.63, 3.8) is 0 Å². The van der Waals surface area contributed by atoms with E-state index in [2.05, 4.69) is 34.2 Å². The molecule has 92 valence electrons. The lowest BCUT2D eigenvalue weighted by molar-refractivity contribution is 0.725. The SMILES string of the molecule is CCNCc1cc2c(cc1Br)n(C)c(=O)n2C. The van der Waals surface area contributed by atoms with Gasteiger partial charge in [-0.1, -0.05) is 22.9 Å². The van der Waals surface area contributed by atoms with Crippen LogP contribution in [0.5, 0.6) is 0 Å². The van der Waals surface area contributed by atoms with Crippen LogP contribution < -0.4 is 11.0 Å². The Bertz CT molecular complexity index is 612. The molecule has 0 radical (unpaired) electrons. The van der Waals surface area contributed by atoms with E-state index in [1.54, 1.807) is 23.2 Å². The van der Waals surface area contributed by atoms with E-state index in [-0.39, 0.29) is 5.69 Å². The standard InChI is InChI=1S/C12H16BrN3O/c1-4-14-7-8-5-10-11(6-9(8)13)16(3)12(17)15(10)2/h5-6,14H,4,7H2,1-3H3. The molecule has 4 nitrogen and oxygen atoms in total. The largest absolute Gasteiger partial charge is 0.328 e. The summed E-state index contributed by atoms with van der Waals surface area (Å²) in [5.41, 5.74) is 3.09. The average Bonchev–Trinajstić information content (AvgIpc) is 2.52. The minimum absolute atomic E-state index is 0.00695. The highest BCUT2D eigenvalue weighted by atomic mass is 79.9. The van der Waals surface area contributed by atoms with Gasteiger partial charge in [0, 0.05) is 25.1 Å². The van der Waals surface area contributed by atoms with Gasteiger partial charge >= 0.3 is 5.69 Å². The quantitative estimate of drug-likeness (QED) is 0.937. The third-order valence-corrected chi connectivity index (χ3v) is 3.74. The summed E-state index contributed by atoms with van der Waals surface area (Å²) in [6.45, 7) is 3.80. The van der Waals surface area contributed by atoms with Crippen LogP contribution in [0.4, 0.5) is 0 Å².